The van der Waals surface area contributed by atoms with Crippen LogP contribution in [0.2, 0.25) is 0 Å². The second-order valence-corrected chi connectivity index (χ2v) is 11.7. The van der Waals surface area contributed by atoms with Crippen molar-refractivity contribution in [3.63, 3.8) is 0 Å². The van der Waals surface area contributed by atoms with Crippen LogP contribution in [0.4, 0.5) is 4.79 Å². The van der Waals surface area contributed by atoms with Crippen LogP contribution in [0.15, 0.2) is 36.5 Å². The van der Waals surface area contributed by atoms with Crippen molar-refractivity contribution >= 4 is 39.5 Å². The molecular formula is C29H33N5O5S. The van der Waals surface area contributed by atoms with Gasteiger partial charge in [0, 0.05) is 36.7 Å². The van der Waals surface area contributed by atoms with Crippen LogP contribution in [0.3, 0.4) is 0 Å². The number of fused-ring (bicyclic) bond motifs is 1. The van der Waals surface area contributed by atoms with Gasteiger partial charge in [-0.15, -0.1) is 11.3 Å². The second-order valence-electron chi connectivity index (χ2n) is 10.7. The highest BCUT2D eigenvalue weighted by Gasteiger charge is 2.31. The summed E-state index contributed by atoms with van der Waals surface area (Å²) in [4.78, 5) is 44.4. The number of nitrogens with two attached hydrogens (primary N) is 1. The van der Waals surface area contributed by atoms with E-state index in [-0.39, 0.29) is 6.54 Å². The number of hydrogen-bond donors (Lipinski definition) is 2. The summed E-state index contributed by atoms with van der Waals surface area (Å²) in [5.41, 5.74) is 8.33. The molecule has 0 bridgehead atoms. The number of nitriles is 1. The van der Waals surface area contributed by atoms with E-state index in [1.807, 2.05) is 37.3 Å². The number of pyridine rings is 1. The van der Waals surface area contributed by atoms with Gasteiger partial charge in [0.05, 0.1) is 17.5 Å². The van der Waals surface area contributed by atoms with Crippen LogP contribution < -0.4 is 11.1 Å². The third-order valence-corrected chi connectivity index (χ3v) is 7.67. The van der Waals surface area contributed by atoms with Crippen LogP contribution in [0.25, 0.3) is 21.3 Å². The van der Waals surface area contributed by atoms with E-state index in [1.165, 1.54) is 16.2 Å². The van der Waals surface area contributed by atoms with Crippen LogP contribution in [-0.4, -0.2) is 65.2 Å². The molecule has 0 aliphatic carbocycles. The van der Waals surface area contributed by atoms with Gasteiger partial charge in [-0.1, -0.05) is 24.3 Å². The molecule has 1 aliphatic rings. The van der Waals surface area contributed by atoms with E-state index in [0.717, 1.165) is 32.5 Å². The average Bonchev–Trinajstić information content (AvgIpc) is 3.06. The normalized spacial score (nSPS) is 16.6. The van der Waals surface area contributed by atoms with Crippen LogP contribution >= 0.6 is 11.3 Å². The van der Waals surface area contributed by atoms with Crippen molar-refractivity contribution in [3.8, 4) is 17.2 Å². The van der Waals surface area contributed by atoms with Gasteiger partial charge < -0.3 is 25.4 Å². The minimum Gasteiger partial charge on any atom is -0.444 e. The Hall–Kier alpha value is -4.01. The van der Waals surface area contributed by atoms with Crippen molar-refractivity contribution in [2.75, 3.05) is 19.7 Å². The predicted molar refractivity (Wildman–Crippen MR) is 152 cm³/mol. The Kier molecular flexibility index (Phi) is 8.71. The summed E-state index contributed by atoms with van der Waals surface area (Å²) < 4.78 is 11.1. The molecule has 1 saturated heterocycles. The first-order chi connectivity index (χ1) is 18.9. The summed E-state index contributed by atoms with van der Waals surface area (Å²) in [5.74, 6) is -0.906. The van der Waals surface area contributed by atoms with Gasteiger partial charge in [0.25, 0.3) is 11.8 Å². The maximum Gasteiger partial charge on any atom is 0.410 e. The van der Waals surface area contributed by atoms with E-state index in [2.05, 4.69) is 16.4 Å². The number of ether oxygens (including phenoxy) is 2. The number of hydrogen-bond acceptors (Lipinski definition) is 8. The van der Waals surface area contributed by atoms with Gasteiger partial charge in [0.15, 0.2) is 6.10 Å². The van der Waals surface area contributed by atoms with Crippen molar-refractivity contribution in [1.29, 1.82) is 5.26 Å². The fraction of sp³-hybridized carbons (Fsp3) is 0.414. The number of nitrogens with zero attached hydrogens (tertiary/aromatic N) is 3. The number of nitrogens with one attached hydrogen (secondary N) is 1. The Morgan fingerprint density at radius 3 is 2.65 bits per heavy atom. The molecule has 40 heavy (non-hydrogen) atoms. The zero-order chi connectivity index (χ0) is 29.0. The van der Waals surface area contributed by atoms with Gasteiger partial charge in [-0.3, -0.25) is 9.59 Å². The van der Waals surface area contributed by atoms with Crippen LogP contribution in [0.5, 0.6) is 0 Å². The summed E-state index contributed by atoms with van der Waals surface area (Å²) in [5, 5.41) is 13.4. The first-order valence-electron chi connectivity index (χ1n) is 13.0. The molecule has 210 valence electrons. The Labute approximate surface area is 237 Å². The minimum atomic E-state index is -0.897. The third kappa shape index (κ3) is 6.94. The van der Waals surface area contributed by atoms with Crippen molar-refractivity contribution in [1.82, 2.24) is 15.2 Å². The molecule has 3 aromatic rings. The molecule has 1 fully saturated rings. The molecule has 3 amide bonds. The minimum absolute atomic E-state index is 0.0521. The summed E-state index contributed by atoms with van der Waals surface area (Å²) in [6, 6.07) is 11.0. The van der Waals surface area contributed by atoms with Gasteiger partial charge in [0.1, 0.15) is 16.5 Å². The maximum absolute atomic E-state index is 13.0. The Bertz CT molecular complexity index is 1450. The van der Waals surface area contributed by atoms with E-state index in [1.54, 1.807) is 27.0 Å². The highest BCUT2D eigenvalue weighted by atomic mass is 32.1. The van der Waals surface area contributed by atoms with E-state index in [9.17, 15) is 19.6 Å². The topological polar surface area (TPSA) is 148 Å². The quantitative estimate of drug-likeness (QED) is 0.461. The van der Waals surface area contributed by atoms with Crippen LogP contribution in [-0.2, 0) is 20.7 Å². The number of carbonyl (C=O) groups excluding carboxylic acids is 3. The number of thiophene rings is 1. The van der Waals surface area contributed by atoms with Gasteiger partial charge >= 0.3 is 6.09 Å². The number of rotatable bonds is 6. The number of aromatic nitrogens is 1. The molecule has 0 saturated carbocycles. The third-order valence-electron chi connectivity index (χ3n) is 6.44. The Balaban J connectivity index is 1.40. The second kappa shape index (κ2) is 12.0. The fourth-order valence-electron chi connectivity index (χ4n) is 4.43. The smallest absolute Gasteiger partial charge is 0.410 e. The molecule has 0 radical (unpaired) electrons. The molecule has 0 unspecified atom stereocenters. The van der Waals surface area contributed by atoms with Gasteiger partial charge in [-0.05, 0) is 56.9 Å². The Morgan fingerprint density at radius 1 is 1.27 bits per heavy atom. The summed E-state index contributed by atoms with van der Waals surface area (Å²) >= 11 is 1.28. The van der Waals surface area contributed by atoms with Crippen molar-refractivity contribution < 1.29 is 23.9 Å². The molecule has 1 aliphatic heterocycles. The van der Waals surface area contributed by atoms with Crippen molar-refractivity contribution in [2.45, 2.75) is 58.3 Å². The average molecular weight is 564 g/mol. The molecule has 10 nitrogen and oxygen atoms in total. The number of aryl methyl sites for hydroxylation is 1. The zero-order valence-electron chi connectivity index (χ0n) is 23.0. The first-order valence-corrected chi connectivity index (χ1v) is 13.8. The number of benzene rings is 1. The van der Waals surface area contributed by atoms with Crippen molar-refractivity contribution in [2.24, 2.45) is 5.73 Å². The monoisotopic (exact) mass is 563 g/mol. The van der Waals surface area contributed by atoms with Gasteiger partial charge in [0.2, 0.25) is 0 Å². The van der Waals surface area contributed by atoms with E-state index in [4.69, 9.17) is 15.2 Å². The summed E-state index contributed by atoms with van der Waals surface area (Å²) in [7, 11) is 0. The Morgan fingerprint density at radius 2 is 2.00 bits per heavy atom. The molecular weight excluding hydrogens is 530 g/mol. The number of carbonyl (C=O) groups is 3. The largest absolute Gasteiger partial charge is 0.444 e. The molecule has 11 heteroatoms. The standard InChI is InChI=1S/C29H33N5O5S/c1-17-22-13-20(15-32-27(22)40-24(17)25(31)35)19-8-6-18(7-9-19)12-21(14-30)33-26(36)23-16-34(10-5-11-38-23)28(37)39-29(2,3)4/h6-9,13,15,21,23H,5,10-12,16H2,1-4H3,(H2,31,35)(H,33,36)/t21-,23-/m0/s1. The fourth-order valence-corrected chi connectivity index (χ4v) is 5.41. The zero-order valence-corrected chi connectivity index (χ0v) is 23.8. The summed E-state index contributed by atoms with van der Waals surface area (Å²) in [6.45, 7) is 8.02. The SMILES string of the molecule is Cc1c(C(N)=O)sc2ncc(-c3ccc(C[C@@H](C#N)NC(=O)[C@@H]4CN(C(=O)OC(C)(C)C)CCCO4)cc3)cc12. The highest BCUT2D eigenvalue weighted by Crippen LogP contribution is 2.32. The number of amides is 3. The maximum atomic E-state index is 13.0. The van der Waals surface area contributed by atoms with Crippen LogP contribution in [0, 0.1) is 18.3 Å². The van der Waals surface area contributed by atoms with E-state index in [0.29, 0.717) is 30.9 Å². The molecule has 4 rings (SSSR count). The van der Waals surface area contributed by atoms with Gasteiger partial charge in [-0.25, -0.2) is 9.78 Å². The molecule has 2 atom stereocenters. The molecule has 1 aromatic carbocycles. The lowest BCUT2D eigenvalue weighted by atomic mass is 10.0. The van der Waals surface area contributed by atoms with Crippen molar-refractivity contribution in [3.05, 3.63) is 52.5 Å². The highest BCUT2D eigenvalue weighted by molar-refractivity contribution is 7.20. The number of primary amides is 1. The van der Waals surface area contributed by atoms with E-state index >= 15 is 0 Å². The molecule has 2 aromatic heterocycles. The van der Waals surface area contributed by atoms with E-state index < -0.39 is 35.7 Å². The molecule has 3 N–H and O–H groups in total. The predicted octanol–water partition coefficient (Wildman–Crippen LogP) is 3.95. The first kappa shape index (κ1) is 29.0. The lowest BCUT2D eigenvalue weighted by Gasteiger charge is -2.27. The lowest BCUT2D eigenvalue weighted by molar-refractivity contribution is -0.133. The van der Waals surface area contributed by atoms with Gasteiger partial charge in [-0.2, -0.15) is 5.26 Å². The lowest BCUT2D eigenvalue weighted by Crippen LogP contribution is -2.48. The summed E-state index contributed by atoms with van der Waals surface area (Å²) in [6.07, 6.45) is 1.24. The van der Waals surface area contributed by atoms with Crippen LogP contribution in [0.1, 0.15) is 48.0 Å². The molecule has 0 spiro atoms. The molecule has 3 heterocycles.